The van der Waals surface area contributed by atoms with E-state index < -0.39 is 0 Å². The number of rotatable bonds is 10. The molecule has 0 saturated heterocycles. The van der Waals surface area contributed by atoms with Crippen molar-refractivity contribution >= 4 is 0 Å². The van der Waals surface area contributed by atoms with Crippen LogP contribution in [0.1, 0.15) is 66.2 Å². The summed E-state index contributed by atoms with van der Waals surface area (Å²) >= 11 is 0. The van der Waals surface area contributed by atoms with Crippen LogP contribution in [-0.4, -0.2) is 24.3 Å². The van der Waals surface area contributed by atoms with Gasteiger partial charge in [0.2, 0.25) is 0 Å². The maximum Gasteiger partial charge on any atom is 0.0499 e. The van der Waals surface area contributed by atoms with Crippen molar-refractivity contribution in [1.29, 1.82) is 0 Å². The summed E-state index contributed by atoms with van der Waals surface area (Å²) in [4.78, 5) is 0. The molecule has 1 atom stereocenters. The molecular formula is C14H31NO. The Kier molecular flexibility index (Phi) is 8.96. The molecule has 0 radical (unpaired) electrons. The Labute approximate surface area is 102 Å². The van der Waals surface area contributed by atoms with Gasteiger partial charge in [-0.05, 0) is 25.7 Å². The molecular weight excluding hydrogens is 198 g/mol. The van der Waals surface area contributed by atoms with Gasteiger partial charge in [0.05, 0.1) is 0 Å². The van der Waals surface area contributed by atoms with E-state index in [-0.39, 0.29) is 5.41 Å². The molecule has 0 heterocycles. The van der Waals surface area contributed by atoms with E-state index in [9.17, 15) is 5.11 Å². The van der Waals surface area contributed by atoms with E-state index in [0.717, 1.165) is 19.4 Å². The van der Waals surface area contributed by atoms with Gasteiger partial charge in [-0.1, -0.05) is 40.5 Å². The monoisotopic (exact) mass is 229 g/mol. The number of hydrogen-bond acceptors (Lipinski definition) is 2. The van der Waals surface area contributed by atoms with Crippen LogP contribution in [0.4, 0.5) is 0 Å². The van der Waals surface area contributed by atoms with Crippen molar-refractivity contribution in [2.45, 2.75) is 72.3 Å². The van der Waals surface area contributed by atoms with Gasteiger partial charge in [0.15, 0.2) is 0 Å². The first kappa shape index (κ1) is 15.9. The molecule has 0 saturated carbocycles. The van der Waals surface area contributed by atoms with E-state index in [0.29, 0.717) is 12.6 Å². The van der Waals surface area contributed by atoms with E-state index in [1.165, 1.54) is 25.7 Å². The molecule has 0 bridgehead atoms. The zero-order valence-electron chi connectivity index (χ0n) is 11.7. The molecule has 0 fully saturated rings. The summed E-state index contributed by atoms with van der Waals surface area (Å²) in [6.07, 6.45) is 7.13. The van der Waals surface area contributed by atoms with Crippen LogP contribution in [-0.2, 0) is 0 Å². The maximum atomic E-state index is 9.50. The third-order valence-corrected chi connectivity index (χ3v) is 4.00. The molecule has 0 amide bonds. The molecule has 16 heavy (non-hydrogen) atoms. The molecule has 2 heteroatoms. The second-order valence-corrected chi connectivity index (χ2v) is 4.99. The fraction of sp³-hybridized carbons (Fsp3) is 1.00. The fourth-order valence-corrected chi connectivity index (χ4v) is 2.04. The van der Waals surface area contributed by atoms with Crippen LogP contribution >= 0.6 is 0 Å². The van der Waals surface area contributed by atoms with E-state index >= 15 is 0 Å². The predicted molar refractivity (Wildman–Crippen MR) is 71.7 cm³/mol. The van der Waals surface area contributed by atoms with Crippen LogP contribution in [0.2, 0.25) is 0 Å². The average Bonchev–Trinajstić information content (AvgIpc) is 2.35. The Hall–Kier alpha value is -0.0800. The largest absolute Gasteiger partial charge is 0.396 e. The van der Waals surface area contributed by atoms with Gasteiger partial charge in [0, 0.05) is 24.6 Å². The molecule has 2 nitrogen and oxygen atoms in total. The molecule has 0 aromatic rings. The third kappa shape index (κ3) is 5.31. The van der Waals surface area contributed by atoms with Crippen molar-refractivity contribution in [3.05, 3.63) is 0 Å². The highest BCUT2D eigenvalue weighted by Gasteiger charge is 2.25. The molecule has 0 spiro atoms. The molecule has 0 aromatic carbocycles. The van der Waals surface area contributed by atoms with Crippen LogP contribution in [0.3, 0.4) is 0 Å². The number of aliphatic hydroxyl groups excluding tert-OH is 1. The average molecular weight is 229 g/mol. The minimum Gasteiger partial charge on any atom is -0.396 e. The first-order chi connectivity index (χ1) is 7.67. The van der Waals surface area contributed by atoms with Crippen molar-refractivity contribution in [2.75, 3.05) is 13.2 Å². The lowest BCUT2D eigenvalue weighted by atomic mass is 9.83. The maximum absolute atomic E-state index is 9.50. The highest BCUT2D eigenvalue weighted by molar-refractivity contribution is 4.80. The predicted octanol–water partition coefficient (Wildman–Crippen LogP) is 3.34. The Balaban J connectivity index is 4.05. The van der Waals surface area contributed by atoms with Gasteiger partial charge in [-0.25, -0.2) is 0 Å². The van der Waals surface area contributed by atoms with Gasteiger partial charge < -0.3 is 10.4 Å². The minimum atomic E-state index is 0.0969. The first-order valence-corrected chi connectivity index (χ1v) is 7.02. The van der Waals surface area contributed by atoms with Crippen molar-refractivity contribution in [3.8, 4) is 0 Å². The van der Waals surface area contributed by atoms with Crippen LogP contribution in [0, 0.1) is 5.41 Å². The molecule has 0 aliphatic heterocycles. The summed E-state index contributed by atoms with van der Waals surface area (Å²) in [6.45, 7) is 10.1. The minimum absolute atomic E-state index is 0.0969. The molecule has 0 aliphatic rings. The summed E-state index contributed by atoms with van der Waals surface area (Å²) in [5.74, 6) is 0. The Morgan fingerprint density at radius 2 is 1.75 bits per heavy atom. The highest BCUT2D eigenvalue weighted by atomic mass is 16.3. The van der Waals surface area contributed by atoms with Crippen molar-refractivity contribution < 1.29 is 5.11 Å². The van der Waals surface area contributed by atoms with Crippen molar-refractivity contribution in [2.24, 2.45) is 5.41 Å². The highest BCUT2D eigenvalue weighted by Crippen LogP contribution is 2.24. The topological polar surface area (TPSA) is 32.3 Å². The van der Waals surface area contributed by atoms with E-state index in [1.54, 1.807) is 0 Å². The van der Waals surface area contributed by atoms with E-state index in [1.807, 2.05) is 0 Å². The fourth-order valence-electron chi connectivity index (χ4n) is 2.04. The SMILES string of the molecule is CCCCC(CC)NCC(CC)(CC)CO. The smallest absolute Gasteiger partial charge is 0.0499 e. The summed E-state index contributed by atoms with van der Waals surface area (Å²) in [6, 6.07) is 0.629. The van der Waals surface area contributed by atoms with E-state index in [2.05, 4.69) is 33.0 Å². The number of aliphatic hydroxyl groups is 1. The lowest BCUT2D eigenvalue weighted by molar-refractivity contribution is 0.109. The van der Waals surface area contributed by atoms with Gasteiger partial charge >= 0.3 is 0 Å². The molecule has 98 valence electrons. The Morgan fingerprint density at radius 3 is 2.12 bits per heavy atom. The molecule has 0 rings (SSSR count). The van der Waals surface area contributed by atoms with E-state index in [4.69, 9.17) is 0 Å². The summed E-state index contributed by atoms with van der Waals surface area (Å²) in [5.41, 5.74) is 0.0969. The number of unbranched alkanes of at least 4 members (excludes halogenated alkanes) is 1. The van der Waals surface area contributed by atoms with Crippen LogP contribution in [0.25, 0.3) is 0 Å². The Morgan fingerprint density at radius 1 is 1.12 bits per heavy atom. The normalized spacial score (nSPS) is 14.1. The first-order valence-electron chi connectivity index (χ1n) is 7.02. The number of hydrogen-bond donors (Lipinski definition) is 2. The lowest BCUT2D eigenvalue weighted by Gasteiger charge is -2.32. The quantitative estimate of drug-likeness (QED) is 0.602. The van der Waals surface area contributed by atoms with Gasteiger partial charge in [-0.3, -0.25) is 0 Å². The van der Waals surface area contributed by atoms with Crippen LogP contribution < -0.4 is 5.32 Å². The summed E-state index contributed by atoms with van der Waals surface area (Å²) in [5, 5.41) is 13.1. The zero-order valence-corrected chi connectivity index (χ0v) is 11.7. The van der Waals surface area contributed by atoms with Gasteiger partial charge in [-0.15, -0.1) is 0 Å². The van der Waals surface area contributed by atoms with Crippen molar-refractivity contribution in [1.82, 2.24) is 5.32 Å². The molecule has 0 aliphatic carbocycles. The van der Waals surface area contributed by atoms with Crippen molar-refractivity contribution in [3.63, 3.8) is 0 Å². The number of nitrogens with one attached hydrogen (secondary N) is 1. The summed E-state index contributed by atoms with van der Waals surface area (Å²) in [7, 11) is 0. The lowest BCUT2D eigenvalue weighted by Crippen LogP contribution is -2.41. The summed E-state index contributed by atoms with van der Waals surface area (Å²) < 4.78 is 0. The standard InChI is InChI=1S/C14H31NO/c1-5-9-10-13(6-2)15-11-14(7-3,8-4)12-16/h13,15-16H,5-12H2,1-4H3. The van der Waals surface area contributed by atoms with Gasteiger partial charge in [0.1, 0.15) is 0 Å². The van der Waals surface area contributed by atoms with Gasteiger partial charge in [-0.2, -0.15) is 0 Å². The third-order valence-electron chi connectivity index (χ3n) is 4.00. The molecule has 1 unspecified atom stereocenters. The second kappa shape index (κ2) is 9.00. The molecule has 0 aromatic heterocycles. The van der Waals surface area contributed by atoms with Crippen LogP contribution in [0.15, 0.2) is 0 Å². The van der Waals surface area contributed by atoms with Gasteiger partial charge in [0.25, 0.3) is 0 Å². The second-order valence-electron chi connectivity index (χ2n) is 4.99. The van der Waals surface area contributed by atoms with Crippen LogP contribution in [0.5, 0.6) is 0 Å². The Bertz CT molecular complexity index is 147. The zero-order chi connectivity index (χ0) is 12.4. The molecule has 2 N–H and O–H groups in total.